The number of nitrogens with zero attached hydrogens (tertiary/aromatic N) is 1. The van der Waals surface area contributed by atoms with Crippen molar-refractivity contribution < 1.29 is 4.79 Å². The molecule has 1 aromatic rings. The Kier molecular flexibility index (Phi) is 6.01. The Bertz CT molecular complexity index is 488. The van der Waals surface area contributed by atoms with Crippen molar-refractivity contribution in [1.82, 2.24) is 10.2 Å². The van der Waals surface area contributed by atoms with Gasteiger partial charge in [-0.2, -0.15) is 0 Å². The van der Waals surface area contributed by atoms with Crippen LogP contribution in [-0.4, -0.2) is 36.0 Å². The number of hydrogen-bond acceptors (Lipinski definition) is 2. The molecule has 3 nitrogen and oxygen atoms in total. The number of hydrogen-bond donors (Lipinski definition) is 1. The summed E-state index contributed by atoms with van der Waals surface area (Å²) >= 11 is 0. The van der Waals surface area contributed by atoms with Gasteiger partial charge in [0.25, 0.3) is 0 Å². The van der Waals surface area contributed by atoms with E-state index in [9.17, 15) is 4.79 Å². The molecule has 1 aliphatic carbocycles. The first-order chi connectivity index (χ1) is 10.5. The smallest absolute Gasteiger partial charge is 0.227 e. The van der Waals surface area contributed by atoms with E-state index in [1.54, 1.807) is 0 Å². The van der Waals surface area contributed by atoms with Crippen molar-refractivity contribution in [3.05, 3.63) is 35.4 Å². The van der Waals surface area contributed by atoms with Gasteiger partial charge in [-0.05, 0) is 58.1 Å². The highest BCUT2D eigenvalue weighted by atomic mass is 16.1. The number of carbonyl (C=O) groups is 1. The SMILES string of the molecule is CC(C)N(CCNC(=O)C1CCCc2ccccc21)C(C)C. The number of amides is 1. The lowest BCUT2D eigenvalue weighted by molar-refractivity contribution is -0.123. The molecule has 0 aliphatic heterocycles. The molecule has 0 saturated heterocycles. The zero-order valence-electron chi connectivity index (χ0n) is 14.4. The average Bonchev–Trinajstić information content (AvgIpc) is 2.50. The first-order valence-electron chi connectivity index (χ1n) is 8.62. The van der Waals surface area contributed by atoms with Gasteiger partial charge in [0.2, 0.25) is 5.91 Å². The quantitative estimate of drug-likeness (QED) is 0.874. The molecule has 22 heavy (non-hydrogen) atoms. The van der Waals surface area contributed by atoms with Crippen LogP contribution in [0, 0.1) is 0 Å². The minimum atomic E-state index is 0.0384. The largest absolute Gasteiger partial charge is 0.354 e. The number of benzene rings is 1. The summed E-state index contributed by atoms with van der Waals surface area (Å²) in [5.41, 5.74) is 2.58. The highest BCUT2D eigenvalue weighted by Crippen LogP contribution is 2.31. The number of nitrogens with one attached hydrogen (secondary N) is 1. The number of carbonyl (C=O) groups excluding carboxylic acids is 1. The van der Waals surface area contributed by atoms with E-state index in [4.69, 9.17) is 0 Å². The van der Waals surface area contributed by atoms with E-state index in [1.165, 1.54) is 11.1 Å². The maximum atomic E-state index is 12.6. The molecule has 1 N–H and O–H groups in total. The van der Waals surface area contributed by atoms with Crippen LogP contribution in [0.15, 0.2) is 24.3 Å². The molecule has 0 fully saturated rings. The summed E-state index contributed by atoms with van der Waals surface area (Å²) in [6, 6.07) is 9.41. The van der Waals surface area contributed by atoms with Crippen LogP contribution in [0.3, 0.4) is 0 Å². The van der Waals surface area contributed by atoms with Crippen molar-refractivity contribution >= 4 is 5.91 Å². The first kappa shape index (κ1) is 17.0. The molecular formula is C19H30N2O. The zero-order valence-corrected chi connectivity index (χ0v) is 14.4. The van der Waals surface area contributed by atoms with Gasteiger partial charge in [0.1, 0.15) is 0 Å². The molecule has 1 amide bonds. The number of aryl methyl sites for hydroxylation is 1. The van der Waals surface area contributed by atoms with E-state index in [-0.39, 0.29) is 11.8 Å². The fourth-order valence-electron chi connectivity index (χ4n) is 3.57. The number of fused-ring (bicyclic) bond motifs is 1. The van der Waals surface area contributed by atoms with E-state index in [0.717, 1.165) is 32.4 Å². The second-order valence-corrected chi connectivity index (χ2v) is 6.86. The van der Waals surface area contributed by atoms with Crippen LogP contribution in [-0.2, 0) is 11.2 Å². The fourth-order valence-corrected chi connectivity index (χ4v) is 3.57. The summed E-state index contributed by atoms with van der Waals surface area (Å²) in [5, 5.41) is 3.15. The van der Waals surface area contributed by atoms with Crippen LogP contribution >= 0.6 is 0 Å². The molecule has 2 rings (SSSR count). The van der Waals surface area contributed by atoms with Gasteiger partial charge < -0.3 is 5.32 Å². The lowest BCUT2D eigenvalue weighted by Crippen LogP contribution is -2.43. The van der Waals surface area contributed by atoms with Gasteiger partial charge in [-0.25, -0.2) is 0 Å². The van der Waals surface area contributed by atoms with Crippen LogP contribution in [0.4, 0.5) is 0 Å². The summed E-state index contributed by atoms with van der Waals surface area (Å²) in [4.78, 5) is 15.0. The third-order valence-corrected chi connectivity index (χ3v) is 4.68. The third kappa shape index (κ3) is 4.10. The summed E-state index contributed by atoms with van der Waals surface area (Å²) in [6.45, 7) is 10.5. The minimum Gasteiger partial charge on any atom is -0.354 e. The molecule has 1 atom stereocenters. The molecular weight excluding hydrogens is 272 g/mol. The van der Waals surface area contributed by atoms with Crippen LogP contribution < -0.4 is 5.32 Å². The van der Waals surface area contributed by atoms with E-state index < -0.39 is 0 Å². The average molecular weight is 302 g/mol. The maximum Gasteiger partial charge on any atom is 0.227 e. The lowest BCUT2D eigenvalue weighted by Gasteiger charge is -2.31. The third-order valence-electron chi connectivity index (χ3n) is 4.68. The molecule has 1 aromatic carbocycles. The van der Waals surface area contributed by atoms with Gasteiger partial charge in [0, 0.05) is 25.2 Å². The predicted octanol–water partition coefficient (Wildman–Crippen LogP) is 3.34. The van der Waals surface area contributed by atoms with Crippen LogP contribution in [0.2, 0.25) is 0 Å². The normalized spacial score (nSPS) is 17.9. The standard InChI is InChI=1S/C19H30N2O/c1-14(2)21(15(3)4)13-12-20-19(22)18-11-7-9-16-8-5-6-10-17(16)18/h5-6,8,10,14-15,18H,7,9,11-13H2,1-4H3,(H,20,22). The predicted molar refractivity (Wildman–Crippen MR) is 92.1 cm³/mol. The molecule has 0 radical (unpaired) electrons. The van der Waals surface area contributed by atoms with Crippen molar-refractivity contribution in [2.24, 2.45) is 0 Å². The first-order valence-corrected chi connectivity index (χ1v) is 8.62. The molecule has 122 valence electrons. The van der Waals surface area contributed by atoms with Gasteiger partial charge in [-0.15, -0.1) is 0 Å². The number of rotatable bonds is 6. The van der Waals surface area contributed by atoms with E-state index in [2.05, 4.69) is 56.1 Å². The molecule has 1 aliphatic rings. The minimum absolute atomic E-state index is 0.0384. The van der Waals surface area contributed by atoms with Crippen LogP contribution in [0.1, 0.15) is 57.6 Å². The Morgan fingerprint density at radius 1 is 1.23 bits per heavy atom. The van der Waals surface area contributed by atoms with E-state index in [0.29, 0.717) is 12.1 Å². The van der Waals surface area contributed by atoms with Crippen molar-refractivity contribution in [1.29, 1.82) is 0 Å². The second kappa shape index (κ2) is 7.77. The molecule has 1 unspecified atom stereocenters. The Balaban J connectivity index is 1.91. The molecule has 0 bridgehead atoms. The Labute approximate surface area is 135 Å². The van der Waals surface area contributed by atoms with Gasteiger partial charge in [0.15, 0.2) is 0 Å². The highest BCUT2D eigenvalue weighted by Gasteiger charge is 2.26. The van der Waals surface area contributed by atoms with Gasteiger partial charge in [0.05, 0.1) is 5.92 Å². The molecule has 0 saturated carbocycles. The van der Waals surface area contributed by atoms with Crippen molar-refractivity contribution in [3.8, 4) is 0 Å². The molecule has 0 aromatic heterocycles. The summed E-state index contributed by atoms with van der Waals surface area (Å²) in [7, 11) is 0. The monoisotopic (exact) mass is 302 g/mol. The van der Waals surface area contributed by atoms with Crippen molar-refractivity contribution in [2.45, 2.75) is 65.0 Å². The van der Waals surface area contributed by atoms with Crippen molar-refractivity contribution in [2.75, 3.05) is 13.1 Å². The van der Waals surface area contributed by atoms with Crippen molar-refractivity contribution in [3.63, 3.8) is 0 Å². The Hall–Kier alpha value is -1.35. The summed E-state index contributed by atoms with van der Waals surface area (Å²) in [5.74, 6) is 0.233. The van der Waals surface area contributed by atoms with Gasteiger partial charge in [-0.1, -0.05) is 24.3 Å². The maximum absolute atomic E-state index is 12.6. The summed E-state index contributed by atoms with van der Waals surface area (Å²) in [6.07, 6.45) is 3.19. The second-order valence-electron chi connectivity index (χ2n) is 6.86. The van der Waals surface area contributed by atoms with Crippen LogP contribution in [0.25, 0.3) is 0 Å². The Morgan fingerprint density at radius 3 is 2.59 bits per heavy atom. The van der Waals surface area contributed by atoms with Gasteiger partial charge >= 0.3 is 0 Å². The van der Waals surface area contributed by atoms with Crippen LogP contribution in [0.5, 0.6) is 0 Å². The zero-order chi connectivity index (χ0) is 16.1. The topological polar surface area (TPSA) is 32.3 Å². The molecule has 3 heteroatoms. The van der Waals surface area contributed by atoms with E-state index >= 15 is 0 Å². The Morgan fingerprint density at radius 2 is 1.91 bits per heavy atom. The fraction of sp³-hybridized carbons (Fsp3) is 0.632. The molecule has 0 spiro atoms. The highest BCUT2D eigenvalue weighted by molar-refractivity contribution is 5.84. The summed E-state index contributed by atoms with van der Waals surface area (Å²) < 4.78 is 0. The van der Waals surface area contributed by atoms with Gasteiger partial charge in [-0.3, -0.25) is 9.69 Å². The van der Waals surface area contributed by atoms with E-state index in [1.807, 2.05) is 6.07 Å². The molecule has 0 heterocycles. The lowest BCUT2D eigenvalue weighted by atomic mass is 9.82.